The average molecular weight is 242 g/mol. The molecule has 0 aromatic carbocycles. The SMILES string of the molecule is COc1nc(Cl)nc(-c2ccsc2C)n1. The Hall–Kier alpha value is -1.20. The lowest BCUT2D eigenvalue weighted by Gasteiger charge is -2.01. The zero-order valence-corrected chi connectivity index (χ0v) is 9.76. The van der Waals surface area contributed by atoms with Gasteiger partial charge in [-0.25, -0.2) is 0 Å². The fraction of sp³-hybridized carbons (Fsp3) is 0.222. The molecule has 0 unspecified atom stereocenters. The predicted octanol–water partition coefficient (Wildman–Crippen LogP) is 2.57. The summed E-state index contributed by atoms with van der Waals surface area (Å²) >= 11 is 7.39. The molecule has 0 saturated carbocycles. The molecule has 0 N–H and O–H groups in total. The number of hydrogen-bond donors (Lipinski definition) is 0. The Morgan fingerprint density at radius 1 is 1.33 bits per heavy atom. The van der Waals surface area contributed by atoms with Gasteiger partial charge in [-0.15, -0.1) is 11.3 Å². The van der Waals surface area contributed by atoms with Gasteiger partial charge in [0.15, 0.2) is 5.82 Å². The number of hydrogen-bond acceptors (Lipinski definition) is 5. The minimum Gasteiger partial charge on any atom is -0.467 e. The lowest BCUT2D eigenvalue weighted by Crippen LogP contribution is -1.97. The van der Waals surface area contributed by atoms with Gasteiger partial charge in [0.1, 0.15) is 0 Å². The summed E-state index contributed by atoms with van der Waals surface area (Å²) < 4.78 is 4.93. The van der Waals surface area contributed by atoms with Gasteiger partial charge in [0.2, 0.25) is 5.28 Å². The van der Waals surface area contributed by atoms with Gasteiger partial charge in [0.25, 0.3) is 0 Å². The van der Waals surface area contributed by atoms with E-state index in [0.29, 0.717) is 5.82 Å². The first-order valence-electron chi connectivity index (χ1n) is 4.20. The van der Waals surface area contributed by atoms with E-state index >= 15 is 0 Å². The van der Waals surface area contributed by atoms with Crippen LogP contribution in [-0.4, -0.2) is 22.1 Å². The molecule has 0 bridgehead atoms. The van der Waals surface area contributed by atoms with Crippen molar-refractivity contribution in [3.8, 4) is 17.4 Å². The zero-order chi connectivity index (χ0) is 10.8. The number of ether oxygens (including phenoxy) is 1. The molecule has 2 aromatic heterocycles. The third-order valence-electron chi connectivity index (χ3n) is 1.87. The van der Waals surface area contributed by atoms with Crippen molar-refractivity contribution in [1.82, 2.24) is 15.0 Å². The van der Waals surface area contributed by atoms with E-state index in [0.717, 1.165) is 10.4 Å². The van der Waals surface area contributed by atoms with Crippen molar-refractivity contribution in [2.24, 2.45) is 0 Å². The first kappa shape index (κ1) is 10.3. The fourth-order valence-electron chi connectivity index (χ4n) is 1.16. The average Bonchev–Trinajstić information content (AvgIpc) is 2.63. The van der Waals surface area contributed by atoms with Gasteiger partial charge >= 0.3 is 6.01 Å². The highest BCUT2D eigenvalue weighted by Gasteiger charge is 2.10. The Morgan fingerprint density at radius 3 is 2.73 bits per heavy atom. The predicted molar refractivity (Wildman–Crippen MR) is 59.4 cm³/mol. The van der Waals surface area contributed by atoms with Crippen molar-refractivity contribution >= 4 is 22.9 Å². The number of rotatable bonds is 2. The molecule has 0 radical (unpaired) electrons. The molecule has 2 aromatic rings. The molecule has 0 aliphatic carbocycles. The Balaban J connectivity index is 2.53. The Morgan fingerprint density at radius 2 is 2.13 bits per heavy atom. The van der Waals surface area contributed by atoms with Gasteiger partial charge in [0.05, 0.1) is 7.11 Å². The van der Waals surface area contributed by atoms with Gasteiger partial charge in [-0.2, -0.15) is 15.0 Å². The maximum absolute atomic E-state index is 5.76. The van der Waals surface area contributed by atoms with Crippen molar-refractivity contribution in [3.05, 3.63) is 21.6 Å². The molecule has 15 heavy (non-hydrogen) atoms. The summed E-state index contributed by atoms with van der Waals surface area (Å²) in [6, 6.07) is 2.18. The van der Waals surface area contributed by atoms with Crippen molar-refractivity contribution < 1.29 is 4.74 Å². The van der Waals surface area contributed by atoms with Crippen LogP contribution in [0, 0.1) is 6.92 Å². The van der Waals surface area contributed by atoms with E-state index in [4.69, 9.17) is 16.3 Å². The fourth-order valence-corrected chi connectivity index (χ4v) is 2.01. The zero-order valence-electron chi connectivity index (χ0n) is 8.19. The molecule has 0 aliphatic rings. The molecule has 2 heterocycles. The Bertz CT molecular complexity index is 486. The summed E-state index contributed by atoms with van der Waals surface area (Å²) in [4.78, 5) is 13.1. The highest BCUT2D eigenvalue weighted by Crippen LogP contribution is 2.25. The molecule has 0 aliphatic heterocycles. The van der Waals surface area contributed by atoms with Crippen LogP contribution in [0.4, 0.5) is 0 Å². The number of halogens is 1. The first-order valence-corrected chi connectivity index (χ1v) is 5.46. The maximum Gasteiger partial charge on any atom is 0.321 e. The van der Waals surface area contributed by atoms with Crippen LogP contribution in [0.25, 0.3) is 11.4 Å². The molecule has 4 nitrogen and oxygen atoms in total. The number of aromatic nitrogens is 3. The molecule has 78 valence electrons. The number of methoxy groups -OCH3 is 1. The topological polar surface area (TPSA) is 47.9 Å². The van der Waals surface area contributed by atoms with Crippen molar-refractivity contribution in [3.63, 3.8) is 0 Å². The van der Waals surface area contributed by atoms with Gasteiger partial charge in [-0.3, -0.25) is 0 Å². The van der Waals surface area contributed by atoms with Crippen LogP contribution in [0.5, 0.6) is 6.01 Å². The summed E-state index contributed by atoms with van der Waals surface area (Å²) in [7, 11) is 1.50. The second kappa shape index (κ2) is 4.12. The van der Waals surface area contributed by atoms with Gasteiger partial charge in [0, 0.05) is 10.4 Å². The molecular weight excluding hydrogens is 234 g/mol. The molecule has 2 rings (SSSR count). The second-order valence-electron chi connectivity index (χ2n) is 2.81. The highest BCUT2D eigenvalue weighted by atomic mass is 35.5. The molecule has 0 atom stereocenters. The smallest absolute Gasteiger partial charge is 0.321 e. The minimum atomic E-state index is 0.141. The van der Waals surface area contributed by atoms with E-state index < -0.39 is 0 Å². The Labute approximate surface area is 95.9 Å². The number of aryl methyl sites for hydroxylation is 1. The summed E-state index contributed by atoms with van der Waals surface area (Å²) in [6.07, 6.45) is 0. The normalized spacial score (nSPS) is 10.3. The van der Waals surface area contributed by atoms with E-state index in [9.17, 15) is 0 Å². The third-order valence-corrected chi connectivity index (χ3v) is 2.88. The van der Waals surface area contributed by atoms with E-state index in [2.05, 4.69) is 15.0 Å². The molecular formula is C9H8ClN3OS. The van der Waals surface area contributed by atoms with Crippen LogP contribution in [0.3, 0.4) is 0 Å². The lowest BCUT2D eigenvalue weighted by molar-refractivity contribution is 0.379. The third kappa shape index (κ3) is 2.08. The number of thiophene rings is 1. The van der Waals surface area contributed by atoms with Gasteiger partial charge in [-0.05, 0) is 30.0 Å². The Kier molecular flexibility index (Phi) is 2.83. The standard InChI is InChI=1S/C9H8ClN3OS/c1-5-6(3-4-15-5)7-11-8(10)13-9(12-7)14-2/h3-4H,1-2H3. The summed E-state index contributed by atoms with van der Waals surface area (Å²) in [6.45, 7) is 2.00. The molecule has 0 fully saturated rings. The van der Waals surface area contributed by atoms with Crippen LogP contribution < -0.4 is 4.74 Å². The first-order chi connectivity index (χ1) is 7.20. The van der Waals surface area contributed by atoms with Gasteiger partial charge < -0.3 is 4.74 Å². The number of nitrogens with zero attached hydrogens (tertiary/aromatic N) is 3. The van der Waals surface area contributed by atoms with Crippen LogP contribution in [0.1, 0.15) is 4.88 Å². The minimum absolute atomic E-state index is 0.141. The van der Waals surface area contributed by atoms with Crippen LogP contribution in [-0.2, 0) is 0 Å². The highest BCUT2D eigenvalue weighted by molar-refractivity contribution is 7.10. The quantitative estimate of drug-likeness (QED) is 0.811. The van der Waals surface area contributed by atoms with Gasteiger partial charge in [-0.1, -0.05) is 0 Å². The van der Waals surface area contributed by atoms with Crippen molar-refractivity contribution in [1.29, 1.82) is 0 Å². The summed E-state index contributed by atoms with van der Waals surface area (Å²) in [5.41, 5.74) is 0.961. The lowest BCUT2D eigenvalue weighted by atomic mass is 10.2. The monoisotopic (exact) mass is 241 g/mol. The van der Waals surface area contributed by atoms with E-state index in [-0.39, 0.29) is 11.3 Å². The molecule has 0 saturated heterocycles. The second-order valence-corrected chi connectivity index (χ2v) is 4.26. The van der Waals surface area contributed by atoms with Crippen molar-refractivity contribution in [2.45, 2.75) is 6.92 Å². The summed E-state index contributed by atoms with van der Waals surface area (Å²) in [5.74, 6) is 0.547. The van der Waals surface area contributed by atoms with Crippen LogP contribution in [0.15, 0.2) is 11.4 Å². The van der Waals surface area contributed by atoms with E-state index in [1.807, 2.05) is 18.4 Å². The van der Waals surface area contributed by atoms with Crippen molar-refractivity contribution in [2.75, 3.05) is 7.11 Å². The molecule has 0 amide bonds. The summed E-state index contributed by atoms with van der Waals surface area (Å²) in [5, 5.41) is 2.12. The molecule has 0 spiro atoms. The maximum atomic E-state index is 5.76. The van der Waals surface area contributed by atoms with Crippen LogP contribution >= 0.6 is 22.9 Å². The largest absolute Gasteiger partial charge is 0.467 e. The molecule has 6 heteroatoms. The van der Waals surface area contributed by atoms with E-state index in [1.54, 1.807) is 11.3 Å². The van der Waals surface area contributed by atoms with E-state index in [1.165, 1.54) is 7.11 Å². The van der Waals surface area contributed by atoms with Crippen LogP contribution in [0.2, 0.25) is 5.28 Å².